The average Bonchev–Trinajstić information content (AvgIpc) is 2.99. The standard InChI is InChI=1S/C19H21N3O3S/c1-14-7-8-17-18(9-14)22-16(11-25-12-19(22)21-17)10-20-26(23,24)13-15-5-3-2-4-6-15/h2-9,16,20H,10-13H2,1H3/t16-/m0/s1. The van der Waals surface area contributed by atoms with Gasteiger partial charge in [-0.2, -0.15) is 0 Å². The molecule has 1 aliphatic heterocycles. The summed E-state index contributed by atoms with van der Waals surface area (Å²) in [5.41, 5.74) is 3.85. The summed E-state index contributed by atoms with van der Waals surface area (Å²) < 4.78 is 35.3. The number of aryl methyl sites for hydroxylation is 1. The fraction of sp³-hybridized carbons (Fsp3) is 0.316. The topological polar surface area (TPSA) is 73.2 Å². The summed E-state index contributed by atoms with van der Waals surface area (Å²) in [6, 6.07) is 15.2. The number of nitrogens with zero attached hydrogens (tertiary/aromatic N) is 2. The SMILES string of the molecule is Cc1ccc2nc3n(c2c1)[C@@H](CNS(=O)(=O)Cc1ccccc1)COC3. The number of fused-ring (bicyclic) bond motifs is 3. The minimum atomic E-state index is -3.42. The van der Waals surface area contributed by atoms with Crippen LogP contribution in [0.2, 0.25) is 0 Å². The third-order valence-electron chi connectivity index (χ3n) is 4.56. The maximum atomic E-state index is 12.4. The molecule has 0 amide bonds. The zero-order valence-electron chi connectivity index (χ0n) is 14.6. The highest BCUT2D eigenvalue weighted by molar-refractivity contribution is 7.88. The molecule has 136 valence electrons. The van der Waals surface area contributed by atoms with Gasteiger partial charge < -0.3 is 9.30 Å². The van der Waals surface area contributed by atoms with Gasteiger partial charge in [-0.3, -0.25) is 0 Å². The van der Waals surface area contributed by atoms with Crippen molar-refractivity contribution in [1.29, 1.82) is 0 Å². The van der Waals surface area contributed by atoms with E-state index in [0.29, 0.717) is 13.2 Å². The van der Waals surface area contributed by atoms with Crippen molar-refractivity contribution < 1.29 is 13.2 Å². The fourth-order valence-corrected chi connectivity index (χ4v) is 4.52. The van der Waals surface area contributed by atoms with Gasteiger partial charge in [0.15, 0.2) is 0 Å². The van der Waals surface area contributed by atoms with Gasteiger partial charge >= 0.3 is 0 Å². The molecule has 0 bridgehead atoms. The lowest BCUT2D eigenvalue weighted by molar-refractivity contribution is 0.0581. The summed E-state index contributed by atoms with van der Waals surface area (Å²) in [6.07, 6.45) is 0. The van der Waals surface area contributed by atoms with Gasteiger partial charge in [-0.15, -0.1) is 0 Å². The van der Waals surface area contributed by atoms with Gasteiger partial charge in [-0.25, -0.2) is 18.1 Å². The van der Waals surface area contributed by atoms with Gasteiger partial charge in [0.25, 0.3) is 0 Å². The predicted octanol–water partition coefficient (Wildman–Crippen LogP) is 2.54. The van der Waals surface area contributed by atoms with Crippen LogP contribution in [0.5, 0.6) is 0 Å². The summed E-state index contributed by atoms with van der Waals surface area (Å²) in [5.74, 6) is 0.807. The van der Waals surface area contributed by atoms with Gasteiger partial charge in [0.1, 0.15) is 12.4 Å². The number of nitrogens with one attached hydrogen (secondary N) is 1. The lowest BCUT2D eigenvalue weighted by atomic mass is 10.2. The number of imidazole rings is 1. The third-order valence-corrected chi connectivity index (χ3v) is 5.88. The van der Waals surface area contributed by atoms with E-state index in [-0.39, 0.29) is 18.3 Å². The van der Waals surface area contributed by atoms with E-state index in [1.165, 1.54) is 0 Å². The molecule has 0 saturated heterocycles. The molecule has 0 radical (unpaired) electrons. The Hall–Kier alpha value is -2.22. The molecule has 1 N–H and O–H groups in total. The van der Waals surface area contributed by atoms with E-state index in [1.54, 1.807) is 0 Å². The minimum absolute atomic E-state index is 0.0297. The zero-order valence-corrected chi connectivity index (χ0v) is 15.4. The molecule has 0 saturated carbocycles. The fourth-order valence-electron chi connectivity index (χ4n) is 3.34. The molecule has 3 aromatic rings. The number of sulfonamides is 1. The normalized spacial score (nSPS) is 17.3. The predicted molar refractivity (Wildman–Crippen MR) is 100 cm³/mol. The van der Waals surface area contributed by atoms with Gasteiger partial charge in [-0.05, 0) is 30.2 Å². The smallest absolute Gasteiger partial charge is 0.215 e. The van der Waals surface area contributed by atoms with Crippen molar-refractivity contribution in [2.45, 2.75) is 25.3 Å². The van der Waals surface area contributed by atoms with E-state index >= 15 is 0 Å². The van der Waals surface area contributed by atoms with E-state index in [4.69, 9.17) is 4.74 Å². The van der Waals surface area contributed by atoms with Crippen LogP contribution in [0.15, 0.2) is 48.5 Å². The second-order valence-corrected chi connectivity index (χ2v) is 8.46. The van der Waals surface area contributed by atoms with Crippen molar-refractivity contribution in [3.63, 3.8) is 0 Å². The number of rotatable bonds is 5. The minimum Gasteiger partial charge on any atom is -0.371 e. The summed E-state index contributed by atoms with van der Waals surface area (Å²) in [7, 11) is -3.42. The molecule has 0 spiro atoms. The molecule has 0 aliphatic carbocycles. The largest absolute Gasteiger partial charge is 0.371 e. The summed E-state index contributed by atoms with van der Waals surface area (Å²) in [4.78, 5) is 4.62. The Morgan fingerprint density at radius 1 is 1.23 bits per heavy atom. The second-order valence-electron chi connectivity index (χ2n) is 6.65. The summed E-state index contributed by atoms with van der Waals surface area (Å²) in [5, 5.41) is 0. The number of hydrogen-bond donors (Lipinski definition) is 1. The molecule has 4 rings (SSSR count). The van der Waals surface area contributed by atoms with E-state index in [0.717, 1.165) is 28.0 Å². The van der Waals surface area contributed by atoms with Crippen molar-refractivity contribution in [1.82, 2.24) is 14.3 Å². The van der Waals surface area contributed by atoms with Crippen molar-refractivity contribution >= 4 is 21.1 Å². The Labute approximate surface area is 152 Å². The molecule has 6 nitrogen and oxygen atoms in total. The highest BCUT2D eigenvalue weighted by Crippen LogP contribution is 2.26. The van der Waals surface area contributed by atoms with Crippen LogP contribution in [-0.2, 0) is 27.1 Å². The molecule has 1 atom stereocenters. The van der Waals surface area contributed by atoms with Crippen LogP contribution in [0.4, 0.5) is 0 Å². The van der Waals surface area contributed by atoms with Crippen LogP contribution in [0.3, 0.4) is 0 Å². The van der Waals surface area contributed by atoms with Crippen LogP contribution >= 0.6 is 0 Å². The van der Waals surface area contributed by atoms with Crippen molar-refractivity contribution in [3.8, 4) is 0 Å². The van der Waals surface area contributed by atoms with Crippen LogP contribution in [0, 0.1) is 6.92 Å². The molecule has 0 fully saturated rings. The van der Waals surface area contributed by atoms with Gasteiger partial charge in [0.2, 0.25) is 10.0 Å². The number of aromatic nitrogens is 2. The molecular formula is C19H21N3O3S. The quantitative estimate of drug-likeness (QED) is 0.748. The Bertz CT molecular complexity index is 1030. The first-order valence-electron chi connectivity index (χ1n) is 8.58. The van der Waals surface area contributed by atoms with Crippen LogP contribution in [-0.4, -0.2) is 31.1 Å². The van der Waals surface area contributed by atoms with E-state index in [2.05, 4.69) is 20.3 Å². The number of hydrogen-bond acceptors (Lipinski definition) is 4. The lowest BCUT2D eigenvalue weighted by Crippen LogP contribution is -2.36. The lowest BCUT2D eigenvalue weighted by Gasteiger charge is -2.26. The molecule has 2 aromatic carbocycles. The Kier molecular flexibility index (Phi) is 4.52. The number of ether oxygens (including phenoxy) is 1. The Balaban J connectivity index is 1.55. The monoisotopic (exact) mass is 371 g/mol. The third kappa shape index (κ3) is 3.51. The molecular weight excluding hydrogens is 350 g/mol. The highest BCUT2D eigenvalue weighted by Gasteiger charge is 2.25. The average molecular weight is 371 g/mol. The first-order valence-corrected chi connectivity index (χ1v) is 10.2. The van der Waals surface area contributed by atoms with Gasteiger partial charge in [-0.1, -0.05) is 36.4 Å². The highest BCUT2D eigenvalue weighted by atomic mass is 32.2. The van der Waals surface area contributed by atoms with E-state index in [1.807, 2.05) is 49.4 Å². The van der Waals surface area contributed by atoms with Gasteiger partial charge in [0, 0.05) is 6.54 Å². The van der Waals surface area contributed by atoms with Crippen molar-refractivity contribution in [2.75, 3.05) is 13.2 Å². The summed E-state index contributed by atoms with van der Waals surface area (Å²) in [6.45, 7) is 3.22. The van der Waals surface area contributed by atoms with Crippen molar-refractivity contribution in [2.24, 2.45) is 0 Å². The number of benzene rings is 2. The maximum absolute atomic E-state index is 12.4. The molecule has 2 heterocycles. The molecule has 1 aromatic heterocycles. The first kappa shape index (κ1) is 17.2. The maximum Gasteiger partial charge on any atom is 0.215 e. The van der Waals surface area contributed by atoms with E-state index < -0.39 is 10.0 Å². The Morgan fingerprint density at radius 3 is 2.85 bits per heavy atom. The molecule has 0 unspecified atom stereocenters. The van der Waals surface area contributed by atoms with Crippen LogP contribution in [0.25, 0.3) is 11.0 Å². The van der Waals surface area contributed by atoms with E-state index in [9.17, 15) is 8.42 Å². The zero-order chi connectivity index (χ0) is 18.1. The molecule has 26 heavy (non-hydrogen) atoms. The van der Waals surface area contributed by atoms with Gasteiger partial charge in [0.05, 0.1) is 29.4 Å². The van der Waals surface area contributed by atoms with Crippen LogP contribution in [0.1, 0.15) is 23.0 Å². The molecule has 7 heteroatoms. The Morgan fingerprint density at radius 2 is 2.04 bits per heavy atom. The first-order chi connectivity index (χ1) is 12.5. The van der Waals surface area contributed by atoms with Crippen molar-refractivity contribution in [3.05, 3.63) is 65.5 Å². The molecule has 1 aliphatic rings. The van der Waals surface area contributed by atoms with Crippen LogP contribution < -0.4 is 4.72 Å². The second kappa shape index (κ2) is 6.83. The summed E-state index contributed by atoms with van der Waals surface area (Å²) >= 11 is 0.